The van der Waals surface area contributed by atoms with Gasteiger partial charge in [0.15, 0.2) is 0 Å². The molecule has 3 aromatic rings. The molecule has 0 aliphatic rings. The number of hydrogen-bond donors (Lipinski definition) is 2. The Bertz CT molecular complexity index is 772. The Hall–Kier alpha value is -1.85. The summed E-state index contributed by atoms with van der Waals surface area (Å²) >= 11 is 7.60. The van der Waals surface area contributed by atoms with E-state index in [1.54, 1.807) is 29.5 Å². The fourth-order valence-corrected chi connectivity index (χ4v) is 3.02. The SMILES string of the molecule is CCc1cc2c(Nc3cc(Cl)ccc3O)ncnc2s1. The van der Waals surface area contributed by atoms with Crippen LogP contribution in [0.1, 0.15) is 11.8 Å². The van der Waals surface area contributed by atoms with Gasteiger partial charge in [0.1, 0.15) is 22.7 Å². The molecule has 20 heavy (non-hydrogen) atoms. The molecule has 2 aromatic heterocycles. The largest absolute Gasteiger partial charge is 0.506 e. The van der Waals surface area contributed by atoms with Crippen LogP contribution in [0.5, 0.6) is 5.75 Å². The van der Waals surface area contributed by atoms with Crippen molar-refractivity contribution >= 4 is 44.7 Å². The molecule has 4 nitrogen and oxygen atoms in total. The first-order valence-electron chi connectivity index (χ1n) is 6.16. The van der Waals surface area contributed by atoms with Crippen molar-refractivity contribution in [2.24, 2.45) is 0 Å². The molecule has 0 aliphatic carbocycles. The molecule has 0 saturated carbocycles. The zero-order valence-corrected chi connectivity index (χ0v) is 12.3. The van der Waals surface area contributed by atoms with Gasteiger partial charge < -0.3 is 10.4 Å². The molecule has 1 aromatic carbocycles. The molecule has 0 saturated heterocycles. The molecule has 2 heterocycles. The first kappa shape index (κ1) is 13.1. The molecule has 0 atom stereocenters. The standard InChI is InChI=1S/C14H12ClN3OS/c1-2-9-6-10-13(16-7-17-14(10)20-9)18-11-5-8(15)3-4-12(11)19/h3-7,19H,2H2,1H3,(H,16,17,18). The van der Waals surface area contributed by atoms with Crippen LogP contribution in [0.3, 0.4) is 0 Å². The first-order valence-corrected chi connectivity index (χ1v) is 7.35. The van der Waals surface area contributed by atoms with E-state index in [1.807, 2.05) is 0 Å². The van der Waals surface area contributed by atoms with Crippen LogP contribution >= 0.6 is 22.9 Å². The van der Waals surface area contributed by atoms with E-state index in [0.717, 1.165) is 16.6 Å². The van der Waals surface area contributed by atoms with Crippen LogP contribution in [0.15, 0.2) is 30.6 Å². The molecule has 0 unspecified atom stereocenters. The van der Waals surface area contributed by atoms with Gasteiger partial charge in [-0.25, -0.2) is 9.97 Å². The third-order valence-electron chi connectivity index (χ3n) is 2.94. The van der Waals surface area contributed by atoms with E-state index in [1.165, 1.54) is 11.2 Å². The molecular formula is C14H12ClN3OS. The van der Waals surface area contributed by atoms with Gasteiger partial charge in [-0.15, -0.1) is 11.3 Å². The molecule has 6 heteroatoms. The molecule has 0 amide bonds. The summed E-state index contributed by atoms with van der Waals surface area (Å²) in [5.74, 6) is 0.802. The predicted molar refractivity (Wildman–Crippen MR) is 83.2 cm³/mol. The van der Waals surface area contributed by atoms with Gasteiger partial charge in [0.05, 0.1) is 11.1 Å². The summed E-state index contributed by atoms with van der Waals surface area (Å²) in [6.07, 6.45) is 2.48. The van der Waals surface area contributed by atoms with E-state index in [4.69, 9.17) is 11.6 Å². The number of fused-ring (bicyclic) bond motifs is 1. The number of benzene rings is 1. The number of phenols is 1. The number of aromatic hydroxyl groups is 1. The minimum absolute atomic E-state index is 0.132. The highest BCUT2D eigenvalue weighted by atomic mass is 35.5. The van der Waals surface area contributed by atoms with Crippen molar-refractivity contribution in [2.45, 2.75) is 13.3 Å². The van der Waals surface area contributed by atoms with Crippen molar-refractivity contribution in [3.05, 3.63) is 40.5 Å². The number of aromatic nitrogens is 2. The highest BCUT2D eigenvalue weighted by molar-refractivity contribution is 7.18. The number of anilines is 2. The molecule has 102 valence electrons. The maximum Gasteiger partial charge on any atom is 0.142 e. The van der Waals surface area contributed by atoms with Crippen LogP contribution in [-0.4, -0.2) is 15.1 Å². The van der Waals surface area contributed by atoms with Crippen molar-refractivity contribution in [3.8, 4) is 5.75 Å². The zero-order valence-electron chi connectivity index (χ0n) is 10.7. The molecule has 0 bridgehead atoms. The van der Waals surface area contributed by atoms with Gasteiger partial charge in [-0.05, 0) is 30.7 Å². The van der Waals surface area contributed by atoms with E-state index < -0.39 is 0 Å². The molecule has 0 aliphatic heterocycles. The fraction of sp³-hybridized carbons (Fsp3) is 0.143. The lowest BCUT2D eigenvalue weighted by Gasteiger charge is -2.08. The quantitative estimate of drug-likeness (QED) is 0.706. The summed E-state index contributed by atoms with van der Waals surface area (Å²) in [6, 6.07) is 6.92. The summed E-state index contributed by atoms with van der Waals surface area (Å²) in [4.78, 5) is 10.7. The number of halogens is 1. The maximum absolute atomic E-state index is 9.86. The molecule has 3 rings (SSSR count). The monoisotopic (exact) mass is 305 g/mol. The third-order valence-corrected chi connectivity index (χ3v) is 4.36. The smallest absolute Gasteiger partial charge is 0.142 e. The average Bonchev–Trinajstić information content (AvgIpc) is 2.87. The zero-order chi connectivity index (χ0) is 14.1. The molecular weight excluding hydrogens is 294 g/mol. The maximum atomic E-state index is 9.86. The van der Waals surface area contributed by atoms with Crippen molar-refractivity contribution in [1.82, 2.24) is 9.97 Å². The highest BCUT2D eigenvalue weighted by Crippen LogP contribution is 2.33. The van der Waals surface area contributed by atoms with Gasteiger partial charge >= 0.3 is 0 Å². The Balaban J connectivity index is 2.06. The van der Waals surface area contributed by atoms with Gasteiger partial charge in [0, 0.05) is 9.90 Å². The topological polar surface area (TPSA) is 58.0 Å². The van der Waals surface area contributed by atoms with Crippen LogP contribution in [0, 0.1) is 0 Å². The van der Waals surface area contributed by atoms with Crippen LogP contribution < -0.4 is 5.32 Å². The van der Waals surface area contributed by atoms with E-state index >= 15 is 0 Å². The van der Waals surface area contributed by atoms with Gasteiger partial charge in [0.25, 0.3) is 0 Å². The van der Waals surface area contributed by atoms with Gasteiger partial charge in [-0.2, -0.15) is 0 Å². The van der Waals surface area contributed by atoms with Crippen molar-refractivity contribution < 1.29 is 5.11 Å². The Morgan fingerprint density at radius 1 is 1.30 bits per heavy atom. The Labute approximate surface area is 125 Å². The summed E-state index contributed by atoms with van der Waals surface area (Å²) in [7, 11) is 0. The Morgan fingerprint density at radius 2 is 2.15 bits per heavy atom. The Kier molecular flexibility index (Phi) is 3.46. The first-order chi connectivity index (χ1) is 9.67. The lowest BCUT2D eigenvalue weighted by Crippen LogP contribution is -1.95. The van der Waals surface area contributed by atoms with E-state index in [0.29, 0.717) is 16.5 Å². The number of phenolic OH excluding ortho intramolecular Hbond substituents is 1. The summed E-state index contributed by atoms with van der Waals surface area (Å²) in [6.45, 7) is 2.11. The minimum atomic E-state index is 0.132. The second-order valence-corrected chi connectivity index (χ2v) is 5.85. The van der Waals surface area contributed by atoms with Crippen molar-refractivity contribution in [1.29, 1.82) is 0 Å². The second kappa shape index (κ2) is 5.26. The normalized spacial score (nSPS) is 10.9. The fourth-order valence-electron chi connectivity index (χ4n) is 1.92. The Morgan fingerprint density at radius 3 is 2.95 bits per heavy atom. The van der Waals surface area contributed by atoms with Crippen LogP contribution in [0.2, 0.25) is 5.02 Å². The van der Waals surface area contributed by atoms with E-state index in [2.05, 4.69) is 28.3 Å². The van der Waals surface area contributed by atoms with Gasteiger partial charge in [0.2, 0.25) is 0 Å². The van der Waals surface area contributed by atoms with Crippen LogP contribution in [0.25, 0.3) is 10.2 Å². The summed E-state index contributed by atoms with van der Waals surface area (Å²) in [5.41, 5.74) is 0.529. The number of nitrogens with zero attached hydrogens (tertiary/aromatic N) is 2. The highest BCUT2D eigenvalue weighted by Gasteiger charge is 2.10. The molecule has 2 N–H and O–H groups in total. The average molecular weight is 306 g/mol. The lowest BCUT2D eigenvalue weighted by molar-refractivity contribution is 0.478. The number of nitrogens with one attached hydrogen (secondary N) is 1. The summed E-state index contributed by atoms with van der Waals surface area (Å²) in [5, 5.41) is 14.5. The predicted octanol–water partition coefficient (Wildman–Crippen LogP) is 4.36. The van der Waals surface area contributed by atoms with E-state index in [9.17, 15) is 5.11 Å². The van der Waals surface area contributed by atoms with Gasteiger partial charge in [-0.3, -0.25) is 0 Å². The van der Waals surface area contributed by atoms with Crippen LogP contribution in [0.4, 0.5) is 11.5 Å². The third kappa shape index (κ3) is 2.42. The molecule has 0 fully saturated rings. The number of aryl methyl sites for hydroxylation is 1. The van der Waals surface area contributed by atoms with Crippen molar-refractivity contribution in [2.75, 3.05) is 5.32 Å². The summed E-state index contributed by atoms with van der Waals surface area (Å²) < 4.78 is 0. The van der Waals surface area contributed by atoms with E-state index in [-0.39, 0.29) is 5.75 Å². The molecule has 0 spiro atoms. The molecule has 0 radical (unpaired) electrons. The number of thiophene rings is 1. The van der Waals surface area contributed by atoms with Gasteiger partial charge in [-0.1, -0.05) is 18.5 Å². The van der Waals surface area contributed by atoms with Crippen LogP contribution in [-0.2, 0) is 6.42 Å². The van der Waals surface area contributed by atoms with Crippen molar-refractivity contribution in [3.63, 3.8) is 0 Å². The number of hydrogen-bond acceptors (Lipinski definition) is 5. The second-order valence-electron chi connectivity index (χ2n) is 4.29. The minimum Gasteiger partial charge on any atom is -0.506 e. The number of rotatable bonds is 3. The lowest BCUT2D eigenvalue weighted by atomic mass is 10.2.